The number of carbonyl (C=O) groups is 3. The maximum absolute atomic E-state index is 12.3. The predicted molar refractivity (Wildman–Crippen MR) is 117 cm³/mol. The summed E-state index contributed by atoms with van der Waals surface area (Å²) >= 11 is 7.42. The lowest BCUT2D eigenvalue weighted by molar-refractivity contribution is -0.384. The van der Waals surface area contributed by atoms with Crippen LogP contribution in [0.2, 0.25) is 5.02 Å². The molecule has 9 nitrogen and oxygen atoms in total. The molecule has 0 saturated heterocycles. The Hall–Kier alpha value is -3.50. The maximum Gasteiger partial charge on any atom is 0.325 e. The molecule has 3 aromatic rings. The van der Waals surface area contributed by atoms with Crippen LogP contribution < -0.4 is 10.6 Å². The molecule has 160 valence electrons. The minimum absolute atomic E-state index is 0.00986. The molecule has 0 fully saturated rings. The zero-order valence-corrected chi connectivity index (χ0v) is 17.7. The second kappa shape index (κ2) is 9.54. The van der Waals surface area contributed by atoms with Gasteiger partial charge in [-0.25, -0.2) is 0 Å². The summed E-state index contributed by atoms with van der Waals surface area (Å²) in [4.78, 5) is 46.9. The van der Waals surface area contributed by atoms with Crippen LogP contribution in [0.5, 0.6) is 0 Å². The van der Waals surface area contributed by atoms with Gasteiger partial charge in [0.2, 0.25) is 0 Å². The van der Waals surface area contributed by atoms with Crippen molar-refractivity contribution in [1.82, 2.24) is 5.32 Å². The van der Waals surface area contributed by atoms with Crippen LogP contribution in [0.3, 0.4) is 0 Å². The number of aryl methyl sites for hydroxylation is 1. The topological polar surface area (TPSA) is 128 Å². The largest absolute Gasteiger partial charge is 0.454 e. The van der Waals surface area contributed by atoms with E-state index in [1.807, 2.05) is 12.1 Å². The van der Waals surface area contributed by atoms with Crippen molar-refractivity contribution < 1.29 is 24.0 Å². The summed E-state index contributed by atoms with van der Waals surface area (Å²) in [5, 5.41) is 16.8. The number of nitro groups is 1. The number of nitrogens with zero attached hydrogens (tertiary/aromatic N) is 1. The van der Waals surface area contributed by atoms with E-state index in [2.05, 4.69) is 10.6 Å². The van der Waals surface area contributed by atoms with Crippen molar-refractivity contribution in [3.8, 4) is 0 Å². The van der Waals surface area contributed by atoms with Gasteiger partial charge in [-0.3, -0.25) is 24.5 Å². The van der Waals surface area contributed by atoms with Crippen LogP contribution in [-0.4, -0.2) is 35.9 Å². The molecule has 0 unspecified atom stereocenters. The third-order valence-electron chi connectivity index (χ3n) is 4.12. The SMILES string of the molecule is Cc1ccc(NC(=O)COC(=O)CNC(=O)c2sc3ccccc3c2Cl)c([N+](=O)[O-])c1. The Morgan fingerprint density at radius 1 is 1.19 bits per heavy atom. The van der Waals surface area contributed by atoms with Crippen LogP contribution in [0.15, 0.2) is 42.5 Å². The van der Waals surface area contributed by atoms with E-state index in [-0.39, 0.29) is 16.3 Å². The van der Waals surface area contributed by atoms with Gasteiger partial charge in [0, 0.05) is 16.2 Å². The van der Waals surface area contributed by atoms with Crippen molar-refractivity contribution in [3.63, 3.8) is 0 Å². The molecule has 0 aliphatic carbocycles. The summed E-state index contributed by atoms with van der Waals surface area (Å²) in [6.07, 6.45) is 0. The highest BCUT2D eigenvalue weighted by Gasteiger charge is 2.19. The highest BCUT2D eigenvalue weighted by molar-refractivity contribution is 7.21. The summed E-state index contributed by atoms with van der Waals surface area (Å²) in [5.41, 5.74) is 0.377. The first kappa shape index (κ1) is 22.2. The van der Waals surface area contributed by atoms with Gasteiger partial charge in [0.1, 0.15) is 17.1 Å². The monoisotopic (exact) mass is 461 g/mol. The highest BCUT2D eigenvalue weighted by atomic mass is 35.5. The number of nitrogens with one attached hydrogen (secondary N) is 2. The first-order valence-electron chi connectivity index (χ1n) is 8.92. The third-order valence-corrected chi connectivity index (χ3v) is 5.80. The number of thiophene rings is 1. The van der Waals surface area contributed by atoms with E-state index < -0.39 is 35.9 Å². The quantitative estimate of drug-likeness (QED) is 0.314. The van der Waals surface area contributed by atoms with Crippen LogP contribution in [0.1, 0.15) is 15.2 Å². The van der Waals surface area contributed by atoms with Crippen LogP contribution in [0, 0.1) is 17.0 Å². The summed E-state index contributed by atoms with van der Waals surface area (Å²) in [6.45, 7) is 0.547. The normalized spacial score (nSPS) is 10.5. The predicted octanol–water partition coefficient (Wildman–Crippen LogP) is 3.68. The van der Waals surface area contributed by atoms with Gasteiger partial charge in [-0.05, 0) is 24.6 Å². The molecule has 0 aliphatic rings. The number of esters is 1. The lowest BCUT2D eigenvalue weighted by atomic mass is 10.2. The molecular formula is C20H16ClN3O6S. The van der Waals surface area contributed by atoms with Gasteiger partial charge >= 0.3 is 5.97 Å². The van der Waals surface area contributed by atoms with Crippen molar-refractivity contribution in [1.29, 1.82) is 0 Å². The van der Waals surface area contributed by atoms with Gasteiger partial charge < -0.3 is 15.4 Å². The number of nitro benzene ring substituents is 1. The molecule has 31 heavy (non-hydrogen) atoms. The number of anilines is 1. The van der Waals surface area contributed by atoms with Crippen LogP contribution in [0.25, 0.3) is 10.1 Å². The number of hydrogen-bond donors (Lipinski definition) is 2. The van der Waals surface area contributed by atoms with Gasteiger partial charge in [0.15, 0.2) is 6.61 Å². The zero-order valence-electron chi connectivity index (χ0n) is 16.1. The van der Waals surface area contributed by atoms with E-state index >= 15 is 0 Å². The molecule has 0 saturated carbocycles. The molecule has 1 heterocycles. The van der Waals surface area contributed by atoms with Crippen LogP contribution in [-0.2, 0) is 14.3 Å². The molecule has 2 amide bonds. The fourth-order valence-corrected chi connectivity index (χ4v) is 4.11. The number of benzene rings is 2. The third kappa shape index (κ3) is 5.36. The summed E-state index contributed by atoms with van der Waals surface area (Å²) < 4.78 is 5.65. The summed E-state index contributed by atoms with van der Waals surface area (Å²) in [7, 11) is 0. The number of carbonyl (C=O) groups excluding carboxylic acids is 3. The van der Waals surface area contributed by atoms with Gasteiger partial charge in [0.05, 0.1) is 9.95 Å². The van der Waals surface area contributed by atoms with E-state index in [4.69, 9.17) is 16.3 Å². The van der Waals surface area contributed by atoms with Crippen molar-refractivity contribution in [2.24, 2.45) is 0 Å². The number of amides is 2. The molecule has 11 heteroatoms. The van der Waals surface area contributed by atoms with E-state index in [1.165, 1.54) is 23.5 Å². The van der Waals surface area contributed by atoms with Crippen molar-refractivity contribution >= 4 is 62.2 Å². The fourth-order valence-electron chi connectivity index (χ4n) is 2.67. The lowest BCUT2D eigenvalue weighted by Gasteiger charge is -2.08. The Kier molecular flexibility index (Phi) is 6.83. The minimum Gasteiger partial charge on any atom is -0.454 e. The van der Waals surface area contributed by atoms with Crippen molar-refractivity contribution in [2.45, 2.75) is 6.92 Å². The van der Waals surface area contributed by atoms with E-state index in [9.17, 15) is 24.5 Å². The van der Waals surface area contributed by atoms with E-state index in [0.717, 1.165) is 10.1 Å². The zero-order chi connectivity index (χ0) is 22.5. The minimum atomic E-state index is -0.848. The maximum atomic E-state index is 12.3. The Balaban J connectivity index is 1.51. The number of rotatable bonds is 7. The molecule has 0 aliphatic heterocycles. The second-order valence-corrected chi connectivity index (χ2v) is 7.84. The number of ether oxygens (including phenoxy) is 1. The average molecular weight is 462 g/mol. The second-order valence-electron chi connectivity index (χ2n) is 6.41. The summed E-state index contributed by atoms with van der Waals surface area (Å²) in [5.74, 6) is -2.14. The lowest BCUT2D eigenvalue weighted by Crippen LogP contribution is -2.32. The van der Waals surface area contributed by atoms with Crippen molar-refractivity contribution in [3.05, 3.63) is 68.0 Å². The van der Waals surface area contributed by atoms with Gasteiger partial charge in [-0.1, -0.05) is 35.9 Å². The van der Waals surface area contributed by atoms with Gasteiger partial charge in [-0.2, -0.15) is 0 Å². The number of halogens is 1. The Morgan fingerprint density at radius 3 is 2.65 bits per heavy atom. The van der Waals surface area contributed by atoms with Gasteiger partial charge in [-0.15, -0.1) is 11.3 Å². The van der Waals surface area contributed by atoms with Crippen LogP contribution >= 0.6 is 22.9 Å². The molecule has 1 aromatic heterocycles. The number of hydrogen-bond acceptors (Lipinski definition) is 7. The van der Waals surface area contributed by atoms with Gasteiger partial charge in [0.25, 0.3) is 17.5 Å². The first-order chi connectivity index (χ1) is 14.8. The molecule has 3 rings (SSSR count). The molecule has 0 atom stereocenters. The molecule has 0 radical (unpaired) electrons. The highest BCUT2D eigenvalue weighted by Crippen LogP contribution is 2.34. The summed E-state index contributed by atoms with van der Waals surface area (Å²) in [6, 6.07) is 11.5. The molecule has 0 spiro atoms. The Bertz CT molecular complexity index is 1190. The molecule has 0 bridgehead atoms. The average Bonchev–Trinajstić information content (AvgIpc) is 3.08. The first-order valence-corrected chi connectivity index (χ1v) is 10.1. The Labute approximate surface area is 185 Å². The molecule has 2 aromatic carbocycles. The molecule has 2 N–H and O–H groups in total. The smallest absolute Gasteiger partial charge is 0.325 e. The van der Waals surface area contributed by atoms with Crippen LogP contribution in [0.4, 0.5) is 11.4 Å². The number of fused-ring (bicyclic) bond motifs is 1. The standard InChI is InChI=1S/C20H16ClN3O6S/c1-11-6-7-13(14(8-11)24(28)29)23-16(25)10-30-17(26)9-22-20(27)19-18(21)12-4-2-3-5-15(12)31-19/h2-8H,9-10H2,1H3,(H,22,27)(H,23,25). The van der Waals surface area contributed by atoms with Crippen molar-refractivity contribution in [2.75, 3.05) is 18.5 Å². The fraction of sp³-hybridized carbons (Fsp3) is 0.150. The molecular weight excluding hydrogens is 446 g/mol. The van der Waals surface area contributed by atoms with E-state index in [1.54, 1.807) is 25.1 Å². The van der Waals surface area contributed by atoms with E-state index in [0.29, 0.717) is 10.6 Å². The Morgan fingerprint density at radius 2 is 1.94 bits per heavy atom.